The predicted molar refractivity (Wildman–Crippen MR) is 78.8 cm³/mol. The lowest BCUT2D eigenvalue weighted by Crippen LogP contribution is -2.31. The lowest BCUT2D eigenvalue weighted by Gasteiger charge is -2.19. The summed E-state index contributed by atoms with van der Waals surface area (Å²) in [5.41, 5.74) is 0.274. The van der Waals surface area contributed by atoms with E-state index in [2.05, 4.69) is 4.98 Å². The number of thiazole rings is 1. The Labute approximate surface area is 126 Å². The molecule has 6 heteroatoms. The van der Waals surface area contributed by atoms with E-state index in [1.165, 1.54) is 23.5 Å². The zero-order chi connectivity index (χ0) is 15.6. The van der Waals surface area contributed by atoms with E-state index in [0.717, 1.165) is 0 Å². The van der Waals surface area contributed by atoms with E-state index >= 15 is 0 Å². The second kappa shape index (κ2) is 5.81. The Morgan fingerprint density at radius 1 is 1.48 bits per heavy atom. The van der Waals surface area contributed by atoms with Crippen molar-refractivity contribution in [2.45, 2.75) is 26.2 Å². The van der Waals surface area contributed by atoms with Crippen LogP contribution < -0.4 is 0 Å². The number of aromatic nitrogens is 1. The van der Waals surface area contributed by atoms with Crippen LogP contribution in [0.25, 0.3) is 10.6 Å². The molecule has 0 aliphatic carbocycles. The summed E-state index contributed by atoms with van der Waals surface area (Å²) in [6.45, 7) is 5.53. The molecule has 0 aliphatic heterocycles. The molecule has 2 aromatic rings. The molecule has 0 radical (unpaired) electrons. The fraction of sp³-hybridized carbons (Fsp3) is 0.333. The number of nitrogens with zero attached hydrogens (tertiary/aromatic N) is 1. The van der Waals surface area contributed by atoms with Crippen molar-refractivity contribution < 1.29 is 19.0 Å². The molecular weight excluding hydrogens is 293 g/mol. The molecule has 4 nitrogen and oxygen atoms in total. The minimum atomic E-state index is -0.861. The van der Waals surface area contributed by atoms with Gasteiger partial charge in [0.05, 0.1) is 12.3 Å². The number of benzene rings is 1. The highest BCUT2D eigenvalue weighted by atomic mass is 32.1. The van der Waals surface area contributed by atoms with E-state index in [-0.39, 0.29) is 5.97 Å². The van der Waals surface area contributed by atoms with Crippen LogP contribution >= 0.6 is 11.3 Å². The van der Waals surface area contributed by atoms with Gasteiger partial charge in [0.1, 0.15) is 10.4 Å². The average molecular weight is 309 g/mol. The van der Waals surface area contributed by atoms with Crippen LogP contribution in [0.3, 0.4) is 0 Å². The van der Waals surface area contributed by atoms with Crippen molar-refractivity contribution in [3.63, 3.8) is 0 Å². The summed E-state index contributed by atoms with van der Waals surface area (Å²) in [7, 11) is 0. The summed E-state index contributed by atoms with van der Waals surface area (Å²) >= 11 is 1.31. The lowest BCUT2D eigenvalue weighted by atomic mass is 9.90. The first-order chi connectivity index (χ1) is 9.86. The third-order valence-corrected chi connectivity index (χ3v) is 4.02. The van der Waals surface area contributed by atoms with Gasteiger partial charge in [0, 0.05) is 10.9 Å². The van der Waals surface area contributed by atoms with E-state index in [4.69, 9.17) is 4.74 Å². The third kappa shape index (κ3) is 3.05. The fourth-order valence-corrected chi connectivity index (χ4v) is 2.73. The number of hydrogen-bond donors (Lipinski definition) is 1. The van der Waals surface area contributed by atoms with Gasteiger partial charge >= 0.3 is 5.97 Å². The molecular formula is C15H16FNO3S. The second-order valence-corrected chi connectivity index (χ2v) is 5.91. The summed E-state index contributed by atoms with van der Waals surface area (Å²) < 4.78 is 18.4. The zero-order valence-corrected chi connectivity index (χ0v) is 12.8. The lowest BCUT2D eigenvalue weighted by molar-refractivity contribution is -0.148. The first kappa shape index (κ1) is 15.4. The van der Waals surface area contributed by atoms with Gasteiger partial charge in [0.15, 0.2) is 11.6 Å². The molecule has 1 heterocycles. The van der Waals surface area contributed by atoms with Gasteiger partial charge in [-0.15, -0.1) is 11.3 Å². The minimum absolute atomic E-state index is 0.308. The Morgan fingerprint density at radius 2 is 2.19 bits per heavy atom. The predicted octanol–water partition coefficient (Wildman–Crippen LogP) is 3.50. The van der Waals surface area contributed by atoms with Gasteiger partial charge in [0.25, 0.3) is 0 Å². The molecule has 0 spiro atoms. The normalized spacial score (nSPS) is 11.4. The van der Waals surface area contributed by atoms with Crippen LogP contribution in [0.5, 0.6) is 5.75 Å². The van der Waals surface area contributed by atoms with Gasteiger partial charge in [-0.3, -0.25) is 4.79 Å². The highest BCUT2D eigenvalue weighted by molar-refractivity contribution is 7.13. The molecule has 0 saturated heterocycles. The molecule has 0 aliphatic rings. The van der Waals surface area contributed by atoms with E-state index in [1.54, 1.807) is 32.2 Å². The van der Waals surface area contributed by atoms with Crippen LogP contribution in [0, 0.1) is 5.82 Å². The number of hydrogen-bond acceptors (Lipinski definition) is 5. The van der Waals surface area contributed by atoms with Crippen molar-refractivity contribution in [2.75, 3.05) is 6.61 Å². The zero-order valence-electron chi connectivity index (χ0n) is 12.0. The smallest absolute Gasteiger partial charge is 0.317 e. The van der Waals surface area contributed by atoms with Crippen molar-refractivity contribution in [1.82, 2.24) is 4.98 Å². The van der Waals surface area contributed by atoms with Crippen molar-refractivity contribution >= 4 is 17.3 Å². The molecule has 1 aromatic carbocycles. The molecule has 1 aromatic heterocycles. The number of aromatic hydroxyl groups is 1. The van der Waals surface area contributed by atoms with Gasteiger partial charge in [-0.05, 0) is 39.0 Å². The van der Waals surface area contributed by atoms with Crippen LogP contribution in [0.15, 0.2) is 23.6 Å². The SMILES string of the molecule is CCOC(=O)C(C)(C)c1csc(-c2ccc(O)c(F)c2)n1. The van der Waals surface area contributed by atoms with E-state index in [1.807, 2.05) is 0 Å². The molecule has 0 atom stereocenters. The summed E-state index contributed by atoms with van der Waals surface area (Å²) in [4.78, 5) is 16.4. The van der Waals surface area contributed by atoms with E-state index in [9.17, 15) is 14.3 Å². The van der Waals surface area contributed by atoms with Crippen LogP contribution in [0.4, 0.5) is 4.39 Å². The first-order valence-electron chi connectivity index (χ1n) is 6.48. The van der Waals surface area contributed by atoms with Crippen molar-refractivity contribution in [3.05, 3.63) is 35.1 Å². The molecule has 21 heavy (non-hydrogen) atoms. The maximum atomic E-state index is 13.4. The third-order valence-electron chi connectivity index (χ3n) is 3.12. The molecule has 0 unspecified atom stereocenters. The van der Waals surface area contributed by atoms with Gasteiger partial charge in [-0.1, -0.05) is 0 Å². The molecule has 0 amide bonds. The van der Waals surface area contributed by atoms with Crippen molar-refractivity contribution in [2.24, 2.45) is 0 Å². The number of phenolic OH excluding ortho intramolecular Hbond substituents is 1. The number of carbonyl (C=O) groups excluding carboxylic acids is 1. The first-order valence-corrected chi connectivity index (χ1v) is 7.36. The van der Waals surface area contributed by atoms with Crippen molar-refractivity contribution in [3.8, 4) is 16.3 Å². The van der Waals surface area contributed by atoms with Gasteiger partial charge in [-0.25, -0.2) is 9.37 Å². The Kier molecular flexibility index (Phi) is 4.27. The largest absolute Gasteiger partial charge is 0.505 e. The van der Waals surface area contributed by atoms with Crippen molar-refractivity contribution in [1.29, 1.82) is 0 Å². The summed E-state index contributed by atoms with van der Waals surface area (Å²) in [5.74, 6) is -1.45. The Balaban J connectivity index is 2.33. The van der Waals surface area contributed by atoms with Gasteiger partial charge < -0.3 is 9.84 Å². The number of phenols is 1. The second-order valence-electron chi connectivity index (χ2n) is 5.05. The van der Waals surface area contributed by atoms with Crippen LogP contribution in [0.1, 0.15) is 26.5 Å². The highest BCUT2D eigenvalue weighted by Gasteiger charge is 2.34. The Bertz CT molecular complexity index is 667. The molecule has 0 saturated carbocycles. The van der Waals surface area contributed by atoms with Gasteiger partial charge in [0.2, 0.25) is 0 Å². The maximum absolute atomic E-state index is 13.4. The van der Waals surface area contributed by atoms with Crippen LogP contribution in [-0.4, -0.2) is 22.7 Å². The summed E-state index contributed by atoms with van der Waals surface area (Å²) in [5, 5.41) is 11.5. The number of carbonyl (C=O) groups is 1. The molecule has 1 N–H and O–H groups in total. The molecule has 0 fully saturated rings. The van der Waals surface area contributed by atoms with Crippen LogP contribution in [-0.2, 0) is 14.9 Å². The fourth-order valence-electron chi connectivity index (χ4n) is 1.75. The Morgan fingerprint density at radius 3 is 2.81 bits per heavy atom. The monoisotopic (exact) mass is 309 g/mol. The number of rotatable bonds is 4. The number of ether oxygens (including phenoxy) is 1. The highest BCUT2D eigenvalue weighted by Crippen LogP contribution is 2.32. The minimum Gasteiger partial charge on any atom is -0.505 e. The molecule has 112 valence electrons. The maximum Gasteiger partial charge on any atom is 0.317 e. The quantitative estimate of drug-likeness (QED) is 0.878. The number of esters is 1. The van der Waals surface area contributed by atoms with Crippen LogP contribution in [0.2, 0.25) is 0 Å². The molecule has 0 bridgehead atoms. The Hall–Kier alpha value is -1.95. The summed E-state index contributed by atoms with van der Waals surface area (Å²) in [6.07, 6.45) is 0. The summed E-state index contributed by atoms with van der Waals surface area (Å²) in [6, 6.07) is 4.08. The average Bonchev–Trinajstić information content (AvgIpc) is 2.92. The van der Waals surface area contributed by atoms with E-state index < -0.39 is 17.0 Å². The number of halogens is 1. The van der Waals surface area contributed by atoms with E-state index in [0.29, 0.717) is 22.9 Å². The standard InChI is InChI=1S/C15H16FNO3S/c1-4-20-14(19)15(2,3)12-8-21-13(17-12)9-5-6-11(18)10(16)7-9/h5-8,18H,4H2,1-3H3. The van der Waals surface area contributed by atoms with Gasteiger partial charge in [-0.2, -0.15) is 0 Å². The molecule has 2 rings (SSSR count). The topological polar surface area (TPSA) is 59.4 Å².